The molecule has 3 unspecified atom stereocenters. The third kappa shape index (κ3) is 3.57. The molecule has 0 aromatic heterocycles. The molecule has 0 spiro atoms. The first-order chi connectivity index (χ1) is 9.10. The Morgan fingerprint density at radius 1 is 1.42 bits per heavy atom. The van der Waals surface area contributed by atoms with Crippen LogP contribution in [-0.4, -0.2) is 17.8 Å². The summed E-state index contributed by atoms with van der Waals surface area (Å²) in [6, 6.07) is 6.53. The van der Waals surface area contributed by atoms with E-state index in [1.165, 1.54) is 11.6 Å². The smallest absolute Gasteiger partial charge is 0.146 e. The third-order valence-corrected chi connectivity index (χ3v) is 3.81. The van der Waals surface area contributed by atoms with Crippen LogP contribution in [0.2, 0.25) is 0 Å². The highest BCUT2D eigenvalue weighted by atomic mass is 19.1. The number of hydrogen-bond donors (Lipinski definition) is 2. The minimum Gasteiger partial charge on any atom is -0.394 e. The molecular weight excluding hydrogens is 241 g/mol. The Balaban J connectivity index is 2.09. The molecule has 1 aromatic rings. The zero-order chi connectivity index (χ0) is 13.8. The molecular formula is C16H22FNO. The summed E-state index contributed by atoms with van der Waals surface area (Å²) < 4.78 is 13.7. The SMILES string of the molecule is CC1=CC(C)CC(C(CO)Nc2ccccc2F)C1. The van der Waals surface area contributed by atoms with Crippen LogP contribution in [-0.2, 0) is 0 Å². The number of benzene rings is 1. The molecule has 104 valence electrons. The monoisotopic (exact) mass is 263 g/mol. The summed E-state index contributed by atoms with van der Waals surface area (Å²) in [6.07, 6.45) is 4.29. The second-order valence-corrected chi connectivity index (χ2v) is 5.60. The minimum atomic E-state index is -0.267. The van der Waals surface area contributed by atoms with Crippen LogP contribution in [0.15, 0.2) is 35.9 Å². The number of nitrogens with one attached hydrogen (secondary N) is 1. The fraction of sp³-hybridized carbons (Fsp3) is 0.500. The van der Waals surface area contributed by atoms with Crippen molar-refractivity contribution in [2.75, 3.05) is 11.9 Å². The lowest BCUT2D eigenvalue weighted by Crippen LogP contribution is -2.35. The highest BCUT2D eigenvalue weighted by molar-refractivity contribution is 5.45. The molecule has 1 aliphatic rings. The highest BCUT2D eigenvalue weighted by Crippen LogP contribution is 2.31. The predicted molar refractivity (Wildman–Crippen MR) is 76.5 cm³/mol. The molecule has 3 heteroatoms. The summed E-state index contributed by atoms with van der Waals surface area (Å²) in [4.78, 5) is 0. The molecule has 3 atom stereocenters. The average Bonchev–Trinajstić information content (AvgIpc) is 2.36. The van der Waals surface area contributed by atoms with Crippen molar-refractivity contribution in [1.29, 1.82) is 0 Å². The van der Waals surface area contributed by atoms with Gasteiger partial charge in [0.05, 0.1) is 18.3 Å². The van der Waals surface area contributed by atoms with Crippen LogP contribution in [0.25, 0.3) is 0 Å². The summed E-state index contributed by atoms with van der Waals surface area (Å²) in [5.74, 6) is 0.608. The summed E-state index contributed by atoms with van der Waals surface area (Å²) in [6.45, 7) is 4.34. The van der Waals surface area contributed by atoms with E-state index in [4.69, 9.17) is 0 Å². The Hall–Kier alpha value is -1.35. The van der Waals surface area contributed by atoms with E-state index in [1.807, 2.05) is 0 Å². The molecule has 19 heavy (non-hydrogen) atoms. The third-order valence-electron chi connectivity index (χ3n) is 3.81. The van der Waals surface area contributed by atoms with Gasteiger partial charge in [-0.05, 0) is 43.7 Å². The van der Waals surface area contributed by atoms with Gasteiger partial charge in [0.25, 0.3) is 0 Å². The zero-order valence-electron chi connectivity index (χ0n) is 11.6. The first kappa shape index (κ1) is 14.1. The largest absolute Gasteiger partial charge is 0.394 e. The molecule has 1 aliphatic carbocycles. The van der Waals surface area contributed by atoms with Crippen molar-refractivity contribution in [3.63, 3.8) is 0 Å². The van der Waals surface area contributed by atoms with Crippen LogP contribution in [0, 0.1) is 17.7 Å². The van der Waals surface area contributed by atoms with Crippen LogP contribution in [0.5, 0.6) is 0 Å². The molecule has 2 rings (SSSR count). The topological polar surface area (TPSA) is 32.3 Å². The number of hydrogen-bond acceptors (Lipinski definition) is 2. The number of halogens is 1. The van der Waals surface area contributed by atoms with E-state index in [0.29, 0.717) is 17.5 Å². The molecule has 0 amide bonds. The van der Waals surface area contributed by atoms with Crippen molar-refractivity contribution in [3.8, 4) is 0 Å². The van der Waals surface area contributed by atoms with Gasteiger partial charge in [0, 0.05) is 0 Å². The highest BCUT2D eigenvalue weighted by Gasteiger charge is 2.26. The fourth-order valence-electron chi connectivity index (χ4n) is 2.99. The molecule has 2 nitrogen and oxygen atoms in total. The van der Waals surface area contributed by atoms with Gasteiger partial charge in [-0.25, -0.2) is 4.39 Å². The molecule has 0 aliphatic heterocycles. The van der Waals surface area contributed by atoms with Gasteiger partial charge in [0.1, 0.15) is 5.82 Å². The van der Waals surface area contributed by atoms with E-state index in [-0.39, 0.29) is 18.5 Å². The first-order valence-electron chi connectivity index (χ1n) is 6.89. The Morgan fingerprint density at radius 3 is 2.79 bits per heavy atom. The standard InChI is InChI=1S/C16H22FNO/c1-11-7-12(2)9-13(8-11)16(10-19)18-15-6-4-3-5-14(15)17/h3-7,11,13,16,18-19H,8-10H2,1-2H3. The molecule has 0 fully saturated rings. The van der Waals surface area contributed by atoms with Gasteiger partial charge < -0.3 is 10.4 Å². The van der Waals surface area contributed by atoms with Gasteiger partial charge in [-0.2, -0.15) is 0 Å². The average molecular weight is 263 g/mol. The number of anilines is 1. The van der Waals surface area contributed by atoms with Crippen molar-refractivity contribution in [2.24, 2.45) is 11.8 Å². The van der Waals surface area contributed by atoms with E-state index < -0.39 is 0 Å². The van der Waals surface area contributed by atoms with Crippen molar-refractivity contribution < 1.29 is 9.50 Å². The summed E-state index contributed by atoms with van der Waals surface area (Å²) in [5, 5.41) is 12.8. The number of allylic oxidation sites excluding steroid dienone is 2. The molecule has 0 radical (unpaired) electrons. The molecule has 0 bridgehead atoms. The maximum atomic E-state index is 13.7. The zero-order valence-corrected chi connectivity index (χ0v) is 11.6. The van der Waals surface area contributed by atoms with Gasteiger partial charge in [-0.3, -0.25) is 0 Å². The van der Waals surface area contributed by atoms with E-state index in [0.717, 1.165) is 12.8 Å². The minimum absolute atomic E-state index is 0.0268. The van der Waals surface area contributed by atoms with Crippen LogP contribution in [0.4, 0.5) is 10.1 Å². The van der Waals surface area contributed by atoms with Crippen molar-refractivity contribution >= 4 is 5.69 Å². The number of para-hydroxylation sites is 1. The molecule has 0 heterocycles. The lowest BCUT2D eigenvalue weighted by atomic mass is 9.79. The predicted octanol–water partition coefficient (Wildman–Crippen LogP) is 3.59. The van der Waals surface area contributed by atoms with Crippen LogP contribution in [0.3, 0.4) is 0 Å². The molecule has 1 aromatic carbocycles. The Morgan fingerprint density at radius 2 is 2.16 bits per heavy atom. The molecule has 2 N–H and O–H groups in total. The summed E-state index contributed by atoms with van der Waals surface area (Å²) in [7, 11) is 0. The Bertz CT molecular complexity index is 458. The number of rotatable bonds is 4. The second kappa shape index (κ2) is 6.20. The lowest BCUT2D eigenvalue weighted by Gasteiger charge is -2.32. The second-order valence-electron chi connectivity index (χ2n) is 5.60. The van der Waals surface area contributed by atoms with Crippen LogP contribution >= 0.6 is 0 Å². The lowest BCUT2D eigenvalue weighted by molar-refractivity contribution is 0.220. The number of aliphatic hydroxyl groups excluding tert-OH is 1. The Labute approximate surface area is 114 Å². The maximum absolute atomic E-state index is 13.7. The van der Waals surface area contributed by atoms with Crippen molar-refractivity contribution in [1.82, 2.24) is 0 Å². The van der Waals surface area contributed by atoms with Gasteiger partial charge in [-0.15, -0.1) is 0 Å². The van der Waals surface area contributed by atoms with E-state index in [1.54, 1.807) is 18.2 Å². The summed E-state index contributed by atoms with van der Waals surface area (Å²) in [5.41, 5.74) is 1.83. The van der Waals surface area contributed by atoms with Gasteiger partial charge in [0.15, 0.2) is 0 Å². The van der Waals surface area contributed by atoms with Crippen molar-refractivity contribution in [2.45, 2.75) is 32.7 Å². The van der Waals surface area contributed by atoms with Crippen LogP contribution in [0.1, 0.15) is 26.7 Å². The fourth-order valence-corrected chi connectivity index (χ4v) is 2.99. The first-order valence-corrected chi connectivity index (χ1v) is 6.89. The summed E-state index contributed by atoms with van der Waals surface area (Å²) >= 11 is 0. The van der Waals surface area contributed by atoms with Crippen molar-refractivity contribution in [3.05, 3.63) is 41.7 Å². The van der Waals surface area contributed by atoms with Gasteiger partial charge in [0.2, 0.25) is 0 Å². The number of aliphatic hydroxyl groups is 1. The van der Waals surface area contributed by atoms with E-state index in [9.17, 15) is 9.50 Å². The maximum Gasteiger partial charge on any atom is 0.146 e. The molecule has 0 saturated carbocycles. The van der Waals surface area contributed by atoms with E-state index >= 15 is 0 Å². The Kier molecular flexibility index (Phi) is 4.59. The van der Waals surface area contributed by atoms with E-state index in [2.05, 4.69) is 25.2 Å². The van der Waals surface area contributed by atoms with Gasteiger partial charge in [-0.1, -0.05) is 30.7 Å². The quantitative estimate of drug-likeness (QED) is 0.814. The van der Waals surface area contributed by atoms with Crippen LogP contribution < -0.4 is 5.32 Å². The van der Waals surface area contributed by atoms with Gasteiger partial charge >= 0.3 is 0 Å². The molecule has 0 saturated heterocycles. The normalized spacial score (nSPS) is 24.7.